The fourth-order valence-electron chi connectivity index (χ4n) is 1.88. The molecule has 84 valence electrons. The summed E-state index contributed by atoms with van der Waals surface area (Å²) in [5.74, 6) is 0. The van der Waals surface area contributed by atoms with Crippen molar-refractivity contribution < 1.29 is 0 Å². The molecule has 2 nitrogen and oxygen atoms in total. The predicted molar refractivity (Wildman–Crippen MR) is 68.9 cm³/mol. The van der Waals surface area contributed by atoms with Gasteiger partial charge in [0.2, 0.25) is 0 Å². The molecule has 0 radical (unpaired) electrons. The Kier molecular flexibility index (Phi) is 3.36. The predicted octanol–water partition coefficient (Wildman–Crippen LogP) is 3.07. The minimum atomic E-state index is 0.200. The lowest BCUT2D eigenvalue weighted by atomic mass is 10.0. The molecule has 0 aliphatic heterocycles. The zero-order valence-corrected chi connectivity index (χ0v) is 10.6. The van der Waals surface area contributed by atoms with Gasteiger partial charge in [-0.15, -0.1) is 11.3 Å². The van der Waals surface area contributed by atoms with Crippen molar-refractivity contribution in [1.82, 2.24) is 10.3 Å². The van der Waals surface area contributed by atoms with E-state index in [1.807, 2.05) is 19.3 Å². The fraction of sp³-hybridized carbons (Fsp3) is 0.308. The molecule has 0 fully saturated rings. The van der Waals surface area contributed by atoms with E-state index in [-0.39, 0.29) is 6.04 Å². The van der Waals surface area contributed by atoms with Gasteiger partial charge in [0.1, 0.15) is 0 Å². The quantitative estimate of drug-likeness (QED) is 0.879. The number of nitrogens with one attached hydrogen (secondary N) is 1. The van der Waals surface area contributed by atoms with Crippen LogP contribution in [0.2, 0.25) is 0 Å². The highest BCUT2D eigenvalue weighted by Crippen LogP contribution is 2.26. The van der Waals surface area contributed by atoms with E-state index < -0.39 is 0 Å². The van der Waals surface area contributed by atoms with Crippen LogP contribution >= 0.6 is 11.3 Å². The number of pyridine rings is 1. The van der Waals surface area contributed by atoms with E-state index in [0.717, 1.165) is 5.69 Å². The number of aryl methyl sites for hydroxylation is 2. The van der Waals surface area contributed by atoms with Crippen LogP contribution in [0.4, 0.5) is 0 Å². The highest BCUT2D eigenvalue weighted by Gasteiger charge is 2.16. The molecule has 1 N–H and O–H groups in total. The van der Waals surface area contributed by atoms with Crippen molar-refractivity contribution in [2.75, 3.05) is 7.05 Å². The van der Waals surface area contributed by atoms with Crippen molar-refractivity contribution in [3.05, 3.63) is 51.5 Å². The largest absolute Gasteiger partial charge is 0.308 e. The molecule has 0 aliphatic carbocycles. The molecule has 0 spiro atoms. The number of hydrogen-bond donors (Lipinski definition) is 1. The number of rotatable bonds is 3. The van der Waals surface area contributed by atoms with Gasteiger partial charge in [0.15, 0.2) is 0 Å². The summed E-state index contributed by atoms with van der Waals surface area (Å²) >= 11 is 1.78. The zero-order chi connectivity index (χ0) is 11.5. The molecule has 0 bridgehead atoms. The second kappa shape index (κ2) is 4.76. The van der Waals surface area contributed by atoms with Gasteiger partial charge in [0.25, 0.3) is 0 Å². The Labute approximate surface area is 100 Å². The summed E-state index contributed by atoms with van der Waals surface area (Å²) in [6, 6.07) is 6.50. The summed E-state index contributed by atoms with van der Waals surface area (Å²) < 4.78 is 0. The molecule has 1 atom stereocenters. The molecule has 2 rings (SSSR count). The molecule has 0 amide bonds. The van der Waals surface area contributed by atoms with Gasteiger partial charge in [-0.3, -0.25) is 4.98 Å². The smallest absolute Gasteiger partial charge is 0.0759 e. The van der Waals surface area contributed by atoms with Crippen LogP contribution in [0, 0.1) is 13.8 Å². The lowest BCUT2D eigenvalue weighted by molar-refractivity contribution is 0.668. The Hall–Kier alpha value is -1.19. The molecule has 0 saturated heterocycles. The van der Waals surface area contributed by atoms with Gasteiger partial charge in [0, 0.05) is 11.1 Å². The third-order valence-electron chi connectivity index (χ3n) is 2.70. The van der Waals surface area contributed by atoms with Crippen LogP contribution < -0.4 is 5.32 Å². The molecule has 1 unspecified atom stereocenters. The summed E-state index contributed by atoms with van der Waals surface area (Å²) in [5.41, 5.74) is 3.64. The van der Waals surface area contributed by atoms with Crippen molar-refractivity contribution in [1.29, 1.82) is 0 Å². The zero-order valence-electron chi connectivity index (χ0n) is 9.82. The SMILES string of the molecule is CNC(c1csc(C)c1)c1ncccc1C. The van der Waals surface area contributed by atoms with Gasteiger partial charge in [0.05, 0.1) is 11.7 Å². The minimum absolute atomic E-state index is 0.200. The summed E-state index contributed by atoms with van der Waals surface area (Å²) in [6.45, 7) is 4.23. The molecule has 2 heterocycles. The van der Waals surface area contributed by atoms with Crippen LogP contribution in [-0.4, -0.2) is 12.0 Å². The molecule has 2 aromatic rings. The maximum atomic E-state index is 4.48. The van der Waals surface area contributed by atoms with Gasteiger partial charge in [-0.1, -0.05) is 6.07 Å². The third kappa shape index (κ3) is 2.15. The lowest BCUT2D eigenvalue weighted by Gasteiger charge is -2.16. The summed E-state index contributed by atoms with van der Waals surface area (Å²) in [4.78, 5) is 5.81. The van der Waals surface area contributed by atoms with Gasteiger partial charge in [-0.25, -0.2) is 0 Å². The van der Waals surface area contributed by atoms with E-state index in [9.17, 15) is 0 Å². The van der Waals surface area contributed by atoms with Crippen molar-refractivity contribution in [2.45, 2.75) is 19.9 Å². The van der Waals surface area contributed by atoms with Gasteiger partial charge < -0.3 is 5.32 Å². The maximum absolute atomic E-state index is 4.48. The average Bonchev–Trinajstić information content (AvgIpc) is 2.69. The highest BCUT2D eigenvalue weighted by molar-refractivity contribution is 7.10. The van der Waals surface area contributed by atoms with E-state index in [0.29, 0.717) is 0 Å². The third-order valence-corrected chi connectivity index (χ3v) is 3.58. The van der Waals surface area contributed by atoms with E-state index in [1.54, 1.807) is 11.3 Å². The summed E-state index contributed by atoms with van der Waals surface area (Å²) in [6.07, 6.45) is 1.85. The molecule has 3 heteroatoms. The van der Waals surface area contributed by atoms with Crippen molar-refractivity contribution in [3.8, 4) is 0 Å². The first-order valence-electron chi connectivity index (χ1n) is 5.36. The van der Waals surface area contributed by atoms with Crippen LogP contribution in [0.3, 0.4) is 0 Å². The number of aromatic nitrogens is 1. The second-order valence-electron chi connectivity index (χ2n) is 3.92. The lowest BCUT2D eigenvalue weighted by Crippen LogP contribution is -2.19. The van der Waals surface area contributed by atoms with Crippen molar-refractivity contribution in [2.24, 2.45) is 0 Å². The van der Waals surface area contributed by atoms with Crippen LogP contribution in [0.5, 0.6) is 0 Å². The van der Waals surface area contributed by atoms with Crippen LogP contribution in [0.1, 0.15) is 27.7 Å². The second-order valence-corrected chi connectivity index (χ2v) is 5.03. The number of thiophene rings is 1. The Bertz CT molecular complexity index is 476. The Morgan fingerprint density at radius 2 is 2.19 bits per heavy atom. The van der Waals surface area contributed by atoms with Gasteiger partial charge in [-0.05, 0) is 49.5 Å². The van der Waals surface area contributed by atoms with Crippen molar-refractivity contribution >= 4 is 11.3 Å². The highest BCUT2D eigenvalue weighted by atomic mass is 32.1. The summed E-state index contributed by atoms with van der Waals surface area (Å²) in [5, 5.41) is 5.53. The normalized spacial score (nSPS) is 12.7. The Morgan fingerprint density at radius 1 is 1.38 bits per heavy atom. The number of hydrogen-bond acceptors (Lipinski definition) is 3. The Balaban J connectivity index is 2.40. The topological polar surface area (TPSA) is 24.9 Å². The van der Waals surface area contributed by atoms with E-state index in [4.69, 9.17) is 0 Å². The van der Waals surface area contributed by atoms with E-state index in [1.165, 1.54) is 16.0 Å². The molecular weight excluding hydrogens is 216 g/mol. The maximum Gasteiger partial charge on any atom is 0.0759 e. The monoisotopic (exact) mass is 232 g/mol. The van der Waals surface area contributed by atoms with Crippen LogP contribution in [0.25, 0.3) is 0 Å². The average molecular weight is 232 g/mol. The summed E-state index contributed by atoms with van der Waals surface area (Å²) in [7, 11) is 1.98. The molecule has 0 aliphatic rings. The Morgan fingerprint density at radius 3 is 2.75 bits per heavy atom. The first-order valence-corrected chi connectivity index (χ1v) is 6.24. The number of nitrogens with zero attached hydrogens (tertiary/aromatic N) is 1. The standard InChI is InChI=1S/C13H16N2S/c1-9-5-4-6-15-12(9)13(14-3)11-7-10(2)16-8-11/h4-8,13-14H,1-3H3. The molecule has 0 aromatic carbocycles. The molecule has 16 heavy (non-hydrogen) atoms. The fourth-order valence-corrected chi connectivity index (χ4v) is 2.61. The van der Waals surface area contributed by atoms with E-state index in [2.05, 4.69) is 41.7 Å². The van der Waals surface area contributed by atoms with Crippen LogP contribution in [-0.2, 0) is 0 Å². The molecule has 2 aromatic heterocycles. The molecular formula is C13H16N2S. The van der Waals surface area contributed by atoms with Crippen LogP contribution in [0.15, 0.2) is 29.8 Å². The van der Waals surface area contributed by atoms with Gasteiger partial charge in [-0.2, -0.15) is 0 Å². The van der Waals surface area contributed by atoms with Crippen molar-refractivity contribution in [3.63, 3.8) is 0 Å². The van der Waals surface area contributed by atoms with E-state index >= 15 is 0 Å². The first kappa shape index (κ1) is 11.3. The van der Waals surface area contributed by atoms with Gasteiger partial charge >= 0.3 is 0 Å². The first-order chi connectivity index (χ1) is 7.72. The molecule has 0 saturated carbocycles. The minimum Gasteiger partial charge on any atom is -0.308 e.